The predicted octanol–water partition coefficient (Wildman–Crippen LogP) is 3.26. The van der Waals surface area contributed by atoms with Crippen LogP contribution in [0.3, 0.4) is 0 Å². The fraction of sp³-hybridized carbons (Fsp3) is 0.222. The van der Waals surface area contributed by atoms with Crippen molar-refractivity contribution in [2.45, 2.75) is 6.61 Å². The van der Waals surface area contributed by atoms with E-state index in [0.29, 0.717) is 16.9 Å². The minimum Gasteiger partial charge on any atom is -0.497 e. The maximum atomic E-state index is 12.0. The van der Waals surface area contributed by atoms with Gasteiger partial charge in [-0.05, 0) is 42.0 Å². The highest BCUT2D eigenvalue weighted by molar-refractivity contribution is 8.00. The Kier molecular flexibility index (Phi) is 7.16. The minimum atomic E-state index is -0.494. The van der Waals surface area contributed by atoms with Crippen molar-refractivity contribution < 1.29 is 24.0 Å². The average molecular weight is 375 g/mol. The van der Waals surface area contributed by atoms with E-state index in [0.717, 1.165) is 0 Å². The van der Waals surface area contributed by atoms with Crippen LogP contribution in [0.5, 0.6) is 5.75 Å². The van der Waals surface area contributed by atoms with E-state index >= 15 is 0 Å². The summed E-state index contributed by atoms with van der Waals surface area (Å²) in [7, 11) is 1.55. The fourth-order valence-corrected chi connectivity index (χ4v) is 2.71. The maximum absolute atomic E-state index is 12.0. The zero-order valence-electron chi connectivity index (χ0n) is 14.0. The Labute approximate surface area is 154 Å². The first kappa shape index (κ1) is 19.5. The van der Waals surface area contributed by atoms with Gasteiger partial charge in [-0.1, -0.05) is 0 Å². The summed E-state index contributed by atoms with van der Waals surface area (Å²) < 4.78 is 10.1. The third-order valence-electron chi connectivity index (χ3n) is 3.41. The van der Waals surface area contributed by atoms with Crippen LogP contribution in [0.1, 0.15) is 15.9 Å². The minimum absolute atomic E-state index is 0.0207. The van der Waals surface area contributed by atoms with Gasteiger partial charge in [0.15, 0.2) is 5.78 Å². The summed E-state index contributed by atoms with van der Waals surface area (Å²) in [4.78, 5) is 33.8. The van der Waals surface area contributed by atoms with Crippen molar-refractivity contribution in [2.24, 2.45) is 0 Å². The number of rotatable bonds is 9. The van der Waals surface area contributed by atoms with Crippen LogP contribution < -0.4 is 4.74 Å². The second-order valence-corrected chi connectivity index (χ2v) is 6.21. The highest BCUT2D eigenvalue weighted by Crippen LogP contribution is 2.15. The lowest BCUT2D eigenvalue weighted by atomic mass is 10.1. The van der Waals surface area contributed by atoms with Crippen molar-refractivity contribution >= 4 is 29.2 Å². The molecule has 2 rings (SSSR count). The number of hydrogen-bond acceptors (Lipinski definition) is 7. The Balaban J connectivity index is 1.71. The van der Waals surface area contributed by atoms with Crippen LogP contribution in [0.15, 0.2) is 48.5 Å². The number of methoxy groups -OCH3 is 1. The molecule has 2 aromatic carbocycles. The van der Waals surface area contributed by atoms with Gasteiger partial charge in [-0.2, -0.15) is 0 Å². The van der Waals surface area contributed by atoms with Crippen LogP contribution in [0, 0.1) is 10.1 Å². The topological polar surface area (TPSA) is 95.7 Å². The lowest BCUT2D eigenvalue weighted by molar-refractivity contribution is -0.384. The van der Waals surface area contributed by atoms with E-state index in [1.165, 1.54) is 36.0 Å². The van der Waals surface area contributed by atoms with Crippen LogP contribution >= 0.6 is 11.8 Å². The van der Waals surface area contributed by atoms with Crippen LogP contribution in [0.2, 0.25) is 0 Å². The smallest absolute Gasteiger partial charge is 0.316 e. The molecule has 0 amide bonds. The number of Topliss-reactive ketones (excluding diaryl/α,β-unsaturated/α-hetero) is 1. The standard InChI is InChI=1S/C18H17NO6S/c1-24-16-8-4-14(5-9-16)17(20)11-26-12-18(21)25-10-13-2-6-15(7-3-13)19(22)23/h2-9H,10-12H2,1H3. The first-order chi connectivity index (χ1) is 12.5. The number of carbonyl (C=O) groups excluding carboxylic acids is 2. The van der Waals surface area contributed by atoms with Gasteiger partial charge in [0, 0.05) is 17.7 Å². The number of nitro groups is 1. The second-order valence-electron chi connectivity index (χ2n) is 5.23. The van der Waals surface area contributed by atoms with Crippen molar-refractivity contribution in [2.75, 3.05) is 18.6 Å². The Morgan fingerprint density at radius 3 is 2.27 bits per heavy atom. The monoisotopic (exact) mass is 375 g/mol. The molecule has 8 heteroatoms. The molecule has 0 aliphatic rings. The van der Waals surface area contributed by atoms with Crippen molar-refractivity contribution in [1.82, 2.24) is 0 Å². The first-order valence-electron chi connectivity index (χ1n) is 7.63. The molecule has 0 aliphatic heterocycles. The van der Waals surface area contributed by atoms with Gasteiger partial charge in [0.1, 0.15) is 12.4 Å². The molecule has 0 N–H and O–H groups in total. The summed E-state index contributed by atoms with van der Waals surface area (Å²) in [6.07, 6.45) is 0. The van der Waals surface area contributed by atoms with Gasteiger partial charge in [0.05, 0.1) is 23.5 Å². The Morgan fingerprint density at radius 2 is 1.69 bits per heavy atom. The molecule has 0 spiro atoms. The van der Waals surface area contributed by atoms with E-state index in [2.05, 4.69) is 0 Å². The number of esters is 1. The molecule has 0 heterocycles. The maximum Gasteiger partial charge on any atom is 0.316 e. The van der Waals surface area contributed by atoms with Crippen molar-refractivity contribution in [3.05, 3.63) is 69.8 Å². The van der Waals surface area contributed by atoms with Crippen molar-refractivity contribution in [1.29, 1.82) is 0 Å². The van der Waals surface area contributed by atoms with E-state index in [1.807, 2.05) is 0 Å². The molecular formula is C18H17NO6S. The summed E-state index contributed by atoms with van der Waals surface area (Å²) in [6.45, 7) is 0.0316. The van der Waals surface area contributed by atoms with Gasteiger partial charge in [-0.15, -0.1) is 11.8 Å². The number of hydrogen-bond donors (Lipinski definition) is 0. The van der Waals surface area contributed by atoms with E-state index in [-0.39, 0.29) is 29.6 Å². The van der Waals surface area contributed by atoms with E-state index in [9.17, 15) is 19.7 Å². The molecular weight excluding hydrogens is 358 g/mol. The Morgan fingerprint density at radius 1 is 1.04 bits per heavy atom. The summed E-state index contributed by atoms with van der Waals surface area (Å²) >= 11 is 1.17. The fourth-order valence-electron chi connectivity index (χ4n) is 2.01. The van der Waals surface area contributed by atoms with Crippen LogP contribution in [0.25, 0.3) is 0 Å². The summed E-state index contributed by atoms with van der Waals surface area (Å²) in [6, 6.07) is 12.5. The van der Waals surface area contributed by atoms with Gasteiger partial charge in [-0.3, -0.25) is 19.7 Å². The van der Waals surface area contributed by atoms with E-state index in [1.54, 1.807) is 31.4 Å². The summed E-state index contributed by atoms with van der Waals surface area (Å²) in [5.74, 6) is 0.356. The lowest BCUT2D eigenvalue weighted by Gasteiger charge is -2.05. The molecule has 0 unspecified atom stereocenters. The zero-order valence-corrected chi connectivity index (χ0v) is 14.9. The average Bonchev–Trinajstić information content (AvgIpc) is 2.66. The molecule has 0 bridgehead atoms. The van der Waals surface area contributed by atoms with Crippen LogP contribution in [-0.4, -0.2) is 35.3 Å². The molecule has 136 valence electrons. The lowest BCUT2D eigenvalue weighted by Crippen LogP contribution is -2.10. The van der Waals surface area contributed by atoms with Gasteiger partial charge >= 0.3 is 5.97 Å². The first-order valence-corrected chi connectivity index (χ1v) is 8.79. The third kappa shape index (κ3) is 5.89. The number of non-ortho nitro benzene ring substituents is 1. The highest BCUT2D eigenvalue weighted by Gasteiger charge is 2.10. The highest BCUT2D eigenvalue weighted by atomic mass is 32.2. The van der Waals surface area contributed by atoms with Gasteiger partial charge in [-0.25, -0.2) is 0 Å². The second kappa shape index (κ2) is 9.57. The molecule has 0 aromatic heterocycles. The summed E-state index contributed by atoms with van der Waals surface area (Å²) in [5.41, 5.74) is 1.19. The number of ether oxygens (including phenoxy) is 2. The molecule has 0 atom stereocenters. The van der Waals surface area contributed by atoms with E-state index < -0.39 is 10.9 Å². The molecule has 0 saturated carbocycles. The predicted molar refractivity (Wildman–Crippen MR) is 97.5 cm³/mol. The number of benzene rings is 2. The normalized spacial score (nSPS) is 10.2. The third-order valence-corrected chi connectivity index (χ3v) is 4.32. The Hall–Kier alpha value is -2.87. The largest absolute Gasteiger partial charge is 0.497 e. The van der Waals surface area contributed by atoms with Gasteiger partial charge in [0.2, 0.25) is 0 Å². The van der Waals surface area contributed by atoms with Crippen LogP contribution in [-0.2, 0) is 16.1 Å². The molecule has 2 aromatic rings. The van der Waals surface area contributed by atoms with Crippen molar-refractivity contribution in [3.8, 4) is 5.75 Å². The number of ketones is 1. The Bertz CT molecular complexity index is 773. The number of thioether (sulfide) groups is 1. The molecule has 0 aliphatic carbocycles. The van der Waals surface area contributed by atoms with Crippen LogP contribution in [0.4, 0.5) is 5.69 Å². The van der Waals surface area contributed by atoms with Gasteiger partial charge < -0.3 is 9.47 Å². The molecule has 26 heavy (non-hydrogen) atoms. The SMILES string of the molecule is COc1ccc(C(=O)CSCC(=O)OCc2ccc([N+](=O)[O-])cc2)cc1. The molecule has 0 saturated heterocycles. The molecule has 7 nitrogen and oxygen atoms in total. The number of nitrogens with zero attached hydrogens (tertiary/aromatic N) is 1. The zero-order chi connectivity index (χ0) is 18.9. The summed E-state index contributed by atoms with van der Waals surface area (Å²) in [5, 5.41) is 10.6. The quantitative estimate of drug-likeness (QED) is 0.287. The number of nitro benzene ring substituents is 1. The molecule has 0 radical (unpaired) electrons. The van der Waals surface area contributed by atoms with Crippen molar-refractivity contribution in [3.63, 3.8) is 0 Å². The van der Waals surface area contributed by atoms with E-state index in [4.69, 9.17) is 9.47 Å². The number of carbonyl (C=O) groups is 2. The molecule has 0 fully saturated rings. The van der Waals surface area contributed by atoms with Gasteiger partial charge in [0.25, 0.3) is 5.69 Å².